The van der Waals surface area contributed by atoms with E-state index in [2.05, 4.69) is 25.9 Å². The second kappa shape index (κ2) is 28.3. The van der Waals surface area contributed by atoms with Crippen molar-refractivity contribution in [2.24, 2.45) is 0 Å². The lowest BCUT2D eigenvalue weighted by Crippen LogP contribution is -2.48. The number of sulfonamides is 3. The Balaban J connectivity index is 0.000000155. The Hall–Kier alpha value is -7.56. The van der Waals surface area contributed by atoms with Crippen molar-refractivity contribution in [3.05, 3.63) is 181 Å². The number of aliphatic hydroxyl groups is 5. The van der Waals surface area contributed by atoms with Crippen LogP contribution >= 0.6 is 23.2 Å². The van der Waals surface area contributed by atoms with Crippen molar-refractivity contribution in [3.8, 4) is 0 Å². The van der Waals surface area contributed by atoms with E-state index in [1.165, 1.54) is 73.8 Å². The number of nitrogens with one attached hydrogen (secondary N) is 4. The van der Waals surface area contributed by atoms with Crippen LogP contribution < -0.4 is 16.0 Å². The van der Waals surface area contributed by atoms with Gasteiger partial charge in [-0.3, -0.25) is 14.4 Å². The van der Waals surface area contributed by atoms with Gasteiger partial charge in [-0.25, -0.2) is 52.2 Å². The quantitative estimate of drug-likeness (QED) is 0.0368. The molecule has 0 unspecified atom stereocenters. The molecule has 504 valence electrons. The molecule has 6 aromatic carbocycles. The SMILES string of the molecule is O=C(Nc1cc(F)c(F)c(Cl)c1)c1cc(S(=O)(=O)N2CCC(O)(CO)CC2)cc2c1C=CC2.O=C(Nc1ccc(F)c(Cl)c1)c1cc(S(=O)(=O)N2CCC(O)CC2)c2nc[nH]c2c1.O=C(Nc1ccc(F)c(F)c1)c1cc(S(=O)(=O)N2CCC(O)(CO)CC2)cc2c1C=CC2. The van der Waals surface area contributed by atoms with Crippen molar-refractivity contribution >= 4 is 111 Å². The molecule has 3 fully saturated rings. The van der Waals surface area contributed by atoms with Gasteiger partial charge in [-0.05, 0) is 146 Å². The maximum atomic E-state index is 13.7. The molecule has 3 aliphatic heterocycles. The van der Waals surface area contributed by atoms with Gasteiger partial charge in [-0.15, -0.1) is 0 Å². The van der Waals surface area contributed by atoms with Crippen molar-refractivity contribution in [1.82, 2.24) is 22.9 Å². The molecule has 3 saturated heterocycles. The number of anilines is 3. The molecule has 12 rings (SSSR count). The lowest BCUT2D eigenvalue weighted by atomic mass is 9.94. The van der Waals surface area contributed by atoms with Gasteiger partial charge in [0.2, 0.25) is 30.1 Å². The highest BCUT2D eigenvalue weighted by Gasteiger charge is 2.40. The molecule has 0 bridgehead atoms. The van der Waals surface area contributed by atoms with Gasteiger partial charge in [0.15, 0.2) is 23.3 Å². The number of aromatic nitrogens is 2. The summed E-state index contributed by atoms with van der Waals surface area (Å²) in [4.78, 5) is 45.3. The van der Waals surface area contributed by atoms with Crippen molar-refractivity contribution in [1.29, 1.82) is 0 Å². The van der Waals surface area contributed by atoms with E-state index in [-0.39, 0.29) is 124 Å². The molecule has 5 aliphatic rings. The zero-order chi connectivity index (χ0) is 68.5. The number of aliphatic hydroxyl groups excluding tert-OH is 3. The van der Waals surface area contributed by atoms with Gasteiger partial charge < -0.3 is 46.5 Å². The van der Waals surface area contributed by atoms with Crippen LogP contribution in [0.15, 0.2) is 118 Å². The molecule has 0 spiro atoms. The van der Waals surface area contributed by atoms with Gasteiger partial charge in [0, 0.05) is 85.2 Å². The Morgan fingerprint density at radius 2 is 1.02 bits per heavy atom. The van der Waals surface area contributed by atoms with E-state index >= 15 is 0 Å². The Morgan fingerprint density at radius 3 is 1.52 bits per heavy atom. The topological polar surface area (TPSA) is 329 Å². The van der Waals surface area contributed by atoms with Crippen LogP contribution in [-0.2, 0) is 42.9 Å². The molecule has 22 nitrogen and oxygen atoms in total. The number of nitrogens with zero attached hydrogens (tertiary/aromatic N) is 4. The van der Waals surface area contributed by atoms with E-state index in [1.54, 1.807) is 24.3 Å². The number of piperidine rings is 3. The molecule has 7 aromatic rings. The van der Waals surface area contributed by atoms with Crippen LogP contribution in [0.25, 0.3) is 23.2 Å². The van der Waals surface area contributed by atoms with Crippen LogP contribution in [0.3, 0.4) is 0 Å². The Morgan fingerprint density at radius 1 is 0.558 bits per heavy atom. The van der Waals surface area contributed by atoms with E-state index in [0.717, 1.165) is 30.3 Å². The number of allylic oxidation sites excluding steroid dienone is 2. The third kappa shape index (κ3) is 15.3. The summed E-state index contributed by atoms with van der Waals surface area (Å²) in [6.45, 7) is -0.438. The predicted molar refractivity (Wildman–Crippen MR) is 342 cm³/mol. The normalized spacial score (nSPS) is 17.3. The van der Waals surface area contributed by atoms with Crippen LogP contribution in [0.1, 0.15) is 91.9 Å². The standard InChI is InChI=1S/C22H21ClF2N2O5S.C22H22F2N2O5S.C19H18ClFN4O4S/c23-18-9-14(10-19(24)20(18)25)26-21(29)17-11-15(8-13-2-1-3-16(13)17)33(31,32)27-6-4-22(30,12-28)5-7-27;23-19-5-4-15(11-20(19)24)25-21(28)18-12-16(10-14-2-1-3-17(14)18)32(30,31)26-8-6-22(29,13-27)7-9-26;20-14-9-12(1-2-15(14)21)24-19(27)11-7-16-18(23-10-22-16)17(8-11)30(28,29)25-5-3-13(26)4-6-25/h1,3,8-11,28,30H,2,4-7,12H2,(H,26,29);1,3-5,10-12,27,29H,2,6-9,13H2,(H,25,28);1-2,7-10,13,26H,3-6H2,(H,22,23)(H,24,27). The smallest absolute Gasteiger partial charge is 0.256 e. The summed E-state index contributed by atoms with van der Waals surface area (Å²) >= 11 is 11.4. The van der Waals surface area contributed by atoms with Crippen LogP contribution in [-0.4, -0.2) is 161 Å². The summed E-state index contributed by atoms with van der Waals surface area (Å²) in [5.41, 5.74) is 0.863. The van der Waals surface area contributed by atoms with Crippen LogP contribution in [0.4, 0.5) is 39.0 Å². The largest absolute Gasteiger partial charge is 0.393 e. The first-order valence-electron chi connectivity index (χ1n) is 29.4. The zero-order valence-electron chi connectivity index (χ0n) is 49.9. The lowest BCUT2D eigenvalue weighted by molar-refractivity contribution is -0.0482. The molecule has 32 heteroatoms. The second-order valence-corrected chi connectivity index (χ2v) is 29.8. The molecule has 0 radical (unpaired) electrons. The van der Waals surface area contributed by atoms with Gasteiger partial charge >= 0.3 is 0 Å². The fraction of sp³-hybridized carbons (Fsp3) is 0.302. The molecule has 2 aliphatic carbocycles. The minimum absolute atomic E-state index is 0.0175. The predicted octanol–water partition coefficient (Wildman–Crippen LogP) is 8.00. The van der Waals surface area contributed by atoms with Gasteiger partial charge in [0.1, 0.15) is 16.2 Å². The first-order chi connectivity index (χ1) is 44.9. The molecule has 0 atom stereocenters. The number of benzene rings is 6. The van der Waals surface area contributed by atoms with Crippen LogP contribution in [0.2, 0.25) is 10.0 Å². The molecular weight excluding hydrogens is 1350 g/mol. The van der Waals surface area contributed by atoms with Gasteiger partial charge in [0.25, 0.3) is 17.7 Å². The fourth-order valence-electron chi connectivity index (χ4n) is 11.2. The average Bonchev–Trinajstić information content (AvgIpc) is 1.77. The van der Waals surface area contributed by atoms with E-state index in [0.29, 0.717) is 53.5 Å². The molecule has 4 heterocycles. The highest BCUT2D eigenvalue weighted by molar-refractivity contribution is 7.89. The number of fused-ring (bicyclic) bond motifs is 3. The lowest BCUT2D eigenvalue weighted by Gasteiger charge is -2.36. The number of halogens is 7. The Labute approximate surface area is 551 Å². The maximum Gasteiger partial charge on any atom is 0.256 e. The fourth-order valence-corrected chi connectivity index (χ4v) is 16.3. The van der Waals surface area contributed by atoms with Gasteiger partial charge in [-0.2, -0.15) is 12.9 Å². The highest BCUT2D eigenvalue weighted by atomic mass is 35.5. The number of H-pyrrole nitrogens is 1. The van der Waals surface area contributed by atoms with E-state index in [4.69, 9.17) is 23.2 Å². The zero-order valence-corrected chi connectivity index (χ0v) is 53.9. The molecule has 1 aromatic heterocycles. The van der Waals surface area contributed by atoms with E-state index in [1.807, 2.05) is 0 Å². The van der Waals surface area contributed by atoms with Crippen molar-refractivity contribution in [2.45, 2.75) is 83.4 Å². The van der Waals surface area contributed by atoms with Crippen LogP contribution in [0, 0.1) is 29.1 Å². The molecule has 3 amide bonds. The third-order valence-corrected chi connectivity index (χ3v) is 23.0. The number of carbonyl (C=O) groups excluding carboxylic acids is 3. The van der Waals surface area contributed by atoms with Crippen molar-refractivity contribution in [2.75, 3.05) is 68.4 Å². The number of carbonyl (C=O) groups is 3. The molecular formula is C63H61Cl2F5N8O14S3. The summed E-state index contributed by atoms with van der Waals surface area (Å²) in [5.74, 6) is -7.18. The maximum absolute atomic E-state index is 13.7. The summed E-state index contributed by atoms with van der Waals surface area (Å²) < 4.78 is 150. The summed E-state index contributed by atoms with van der Waals surface area (Å²) in [6.07, 6.45) is 9.75. The summed E-state index contributed by atoms with van der Waals surface area (Å²) in [7, 11) is -11.9. The monoisotopic (exact) mass is 1410 g/mol. The minimum atomic E-state index is -3.99. The number of rotatable bonds is 14. The minimum Gasteiger partial charge on any atom is -0.393 e. The molecule has 0 saturated carbocycles. The van der Waals surface area contributed by atoms with Crippen molar-refractivity contribution < 1.29 is 87.1 Å². The second-order valence-electron chi connectivity index (χ2n) is 23.2. The number of amides is 3. The number of imidazole rings is 1. The van der Waals surface area contributed by atoms with E-state index in [9.17, 15) is 87.1 Å². The molecule has 95 heavy (non-hydrogen) atoms. The number of hydrogen-bond acceptors (Lipinski definition) is 15. The summed E-state index contributed by atoms with van der Waals surface area (Å²) in [6, 6.07) is 16.8. The summed E-state index contributed by atoms with van der Waals surface area (Å²) in [5, 5.41) is 55.5. The molecule has 9 N–H and O–H groups in total. The average molecular weight is 1420 g/mol. The Kier molecular flexibility index (Phi) is 20.9. The first kappa shape index (κ1) is 70.2. The van der Waals surface area contributed by atoms with Gasteiger partial charge in [0.05, 0.1) is 62.2 Å². The number of hydrogen-bond donors (Lipinski definition) is 9. The third-order valence-electron chi connectivity index (χ3n) is 16.8. The Bertz CT molecular complexity index is 4580. The van der Waals surface area contributed by atoms with Crippen molar-refractivity contribution in [3.63, 3.8) is 0 Å². The van der Waals surface area contributed by atoms with Crippen LogP contribution in [0.5, 0.6) is 0 Å². The first-order valence-corrected chi connectivity index (χ1v) is 34.5. The van der Waals surface area contributed by atoms with Gasteiger partial charge in [-0.1, -0.05) is 47.5 Å². The highest BCUT2D eigenvalue weighted by Crippen LogP contribution is 2.36. The van der Waals surface area contributed by atoms with E-state index < -0.39 is 112 Å². The number of aromatic amines is 1.